The van der Waals surface area contributed by atoms with Crippen LogP contribution in [0.4, 0.5) is 0 Å². The number of hydrogen-bond acceptors (Lipinski definition) is 3. The number of hydrogen-bond donors (Lipinski definition) is 1. The van der Waals surface area contributed by atoms with Crippen molar-refractivity contribution in [3.05, 3.63) is 59.2 Å². The zero-order valence-electron chi connectivity index (χ0n) is 11.6. The average molecular weight is 269 g/mol. The van der Waals surface area contributed by atoms with Crippen molar-refractivity contribution in [3.8, 4) is 11.5 Å². The van der Waals surface area contributed by atoms with Gasteiger partial charge in [-0.05, 0) is 30.2 Å². The molecule has 3 rings (SSSR count). The molecule has 1 aliphatic heterocycles. The maximum atomic E-state index is 6.42. The molecule has 2 aromatic carbocycles. The number of rotatable bonds is 4. The molecule has 0 amide bonds. The average Bonchev–Trinajstić information content (AvgIpc) is 2.95. The first kappa shape index (κ1) is 13.0. The summed E-state index contributed by atoms with van der Waals surface area (Å²) in [6, 6.07) is 14.0. The molecular weight excluding hydrogens is 250 g/mol. The van der Waals surface area contributed by atoms with E-state index in [1.54, 1.807) is 0 Å². The van der Waals surface area contributed by atoms with Gasteiger partial charge in [-0.1, -0.05) is 30.3 Å². The predicted octanol–water partition coefficient (Wildman–Crippen LogP) is 3.07. The molecule has 0 aromatic heterocycles. The fourth-order valence-electron chi connectivity index (χ4n) is 2.60. The molecule has 1 heterocycles. The first-order valence-electron chi connectivity index (χ1n) is 7.02. The summed E-state index contributed by atoms with van der Waals surface area (Å²) in [6.07, 6.45) is 0.961. The van der Waals surface area contributed by atoms with Gasteiger partial charge in [0, 0.05) is 12.0 Å². The van der Waals surface area contributed by atoms with Gasteiger partial charge < -0.3 is 15.2 Å². The molecule has 0 fully saturated rings. The smallest absolute Gasteiger partial charge is 0.124 e. The van der Waals surface area contributed by atoms with Gasteiger partial charge in [0.25, 0.3) is 0 Å². The molecule has 0 spiro atoms. The summed E-state index contributed by atoms with van der Waals surface area (Å²) in [7, 11) is 0. The Hall–Kier alpha value is -2.00. The van der Waals surface area contributed by atoms with Crippen molar-refractivity contribution in [3.63, 3.8) is 0 Å². The van der Waals surface area contributed by atoms with Gasteiger partial charge in [-0.2, -0.15) is 0 Å². The lowest BCUT2D eigenvalue weighted by Crippen LogP contribution is -2.13. The highest BCUT2D eigenvalue weighted by Gasteiger charge is 2.18. The molecule has 0 bridgehead atoms. The third-order valence-corrected chi connectivity index (χ3v) is 3.63. The van der Waals surface area contributed by atoms with E-state index < -0.39 is 0 Å². The van der Waals surface area contributed by atoms with Gasteiger partial charge in [-0.15, -0.1) is 0 Å². The minimum Gasteiger partial charge on any atom is -0.494 e. The van der Waals surface area contributed by atoms with E-state index in [4.69, 9.17) is 15.2 Å². The van der Waals surface area contributed by atoms with Crippen LogP contribution < -0.4 is 15.2 Å². The van der Waals surface area contributed by atoms with Crippen molar-refractivity contribution in [2.75, 3.05) is 13.2 Å². The molecule has 0 saturated heterocycles. The van der Waals surface area contributed by atoms with E-state index in [-0.39, 0.29) is 6.04 Å². The summed E-state index contributed by atoms with van der Waals surface area (Å²) >= 11 is 0. The van der Waals surface area contributed by atoms with E-state index in [1.807, 2.05) is 43.3 Å². The van der Waals surface area contributed by atoms with Crippen LogP contribution in [0.2, 0.25) is 0 Å². The van der Waals surface area contributed by atoms with E-state index in [9.17, 15) is 0 Å². The Labute approximate surface area is 119 Å². The minimum atomic E-state index is -0.177. The lowest BCUT2D eigenvalue weighted by molar-refractivity contribution is 0.335. The maximum absolute atomic E-state index is 6.42. The van der Waals surface area contributed by atoms with Crippen molar-refractivity contribution in [1.82, 2.24) is 0 Å². The quantitative estimate of drug-likeness (QED) is 0.927. The van der Waals surface area contributed by atoms with E-state index >= 15 is 0 Å². The van der Waals surface area contributed by atoms with Crippen molar-refractivity contribution < 1.29 is 9.47 Å². The summed E-state index contributed by atoms with van der Waals surface area (Å²) in [4.78, 5) is 0. The molecule has 0 radical (unpaired) electrons. The van der Waals surface area contributed by atoms with Crippen molar-refractivity contribution in [2.24, 2.45) is 5.73 Å². The molecule has 104 valence electrons. The van der Waals surface area contributed by atoms with Gasteiger partial charge in [-0.3, -0.25) is 0 Å². The van der Waals surface area contributed by atoms with Crippen LogP contribution in [-0.2, 0) is 6.42 Å². The second kappa shape index (κ2) is 5.55. The second-order valence-electron chi connectivity index (χ2n) is 4.91. The van der Waals surface area contributed by atoms with Crippen LogP contribution in [0.25, 0.3) is 0 Å². The van der Waals surface area contributed by atoms with Crippen LogP contribution in [0, 0.1) is 0 Å². The lowest BCUT2D eigenvalue weighted by Gasteiger charge is -2.17. The molecular formula is C17H19NO2. The van der Waals surface area contributed by atoms with Crippen molar-refractivity contribution in [2.45, 2.75) is 19.4 Å². The molecule has 20 heavy (non-hydrogen) atoms. The Balaban J connectivity index is 1.94. The van der Waals surface area contributed by atoms with Crippen molar-refractivity contribution in [1.29, 1.82) is 0 Å². The van der Waals surface area contributed by atoms with E-state index in [1.165, 1.54) is 5.56 Å². The molecule has 1 unspecified atom stereocenters. The molecule has 2 N–H and O–H groups in total. The van der Waals surface area contributed by atoms with Crippen LogP contribution in [-0.4, -0.2) is 13.2 Å². The van der Waals surface area contributed by atoms with Crippen LogP contribution in [0.1, 0.15) is 29.7 Å². The second-order valence-corrected chi connectivity index (χ2v) is 4.91. The maximum Gasteiger partial charge on any atom is 0.124 e. The third-order valence-electron chi connectivity index (χ3n) is 3.63. The molecule has 1 atom stereocenters. The monoisotopic (exact) mass is 269 g/mol. The van der Waals surface area contributed by atoms with Gasteiger partial charge >= 0.3 is 0 Å². The van der Waals surface area contributed by atoms with Crippen LogP contribution in [0.15, 0.2) is 42.5 Å². The zero-order chi connectivity index (χ0) is 13.9. The molecule has 3 nitrogen and oxygen atoms in total. The number of nitrogens with two attached hydrogens (primary N) is 1. The number of benzene rings is 2. The zero-order valence-corrected chi connectivity index (χ0v) is 11.6. The normalized spacial score (nSPS) is 14.5. The molecule has 3 heteroatoms. The molecule has 0 saturated carbocycles. The standard InChI is InChI=1S/C17H19NO2/c1-2-19-16-6-4-3-5-14(16)17(18)13-7-8-15-12(11-13)9-10-20-15/h3-8,11,17H,2,9-10,18H2,1H3. The van der Waals surface area contributed by atoms with E-state index in [0.29, 0.717) is 6.61 Å². The SMILES string of the molecule is CCOc1ccccc1C(N)c1ccc2c(c1)CCO2. The first-order chi connectivity index (χ1) is 9.79. The van der Waals surface area contributed by atoms with Crippen molar-refractivity contribution >= 4 is 0 Å². The van der Waals surface area contributed by atoms with Crippen LogP contribution >= 0.6 is 0 Å². The number of para-hydroxylation sites is 1. The summed E-state index contributed by atoms with van der Waals surface area (Å²) in [6.45, 7) is 3.39. The summed E-state index contributed by atoms with van der Waals surface area (Å²) in [5.41, 5.74) is 9.78. The van der Waals surface area contributed by atoms with E-state index in [2.05, 4.69) is 6.07 Å². The Morgan fingerprint density at radius 1 is 1.25 bits per heavy atom. The van der Waals surface area contributed by atoms with E-state index in [0.717, 1.165) is 35.7 Å². The van der Waals surface area contributed by atoms with Gasteiger partial charge in [-0.25, -0.2) is 0 Å². The highest BCUT2D eigenvalue weighted by atomic mass is 16.5. The molecule has 1 aliphatic rings. The topological polar surface area (TPSA) is 44.5 Å². The lowest BCUT2D eigenvalue weighted by atomic mass is 9.96. The van der Waals surface area contributed by atoms with Crippen LogP contribution in [0.5, 0.6) is 11.5 Å². The summed E-state index contributed by atoms with van der Waals surface area (Å²) < 4.78 is 11.2. The Morgan fingerprint density at radius 3 is 2.95 bits per heavy atom. The molecule has 0 aliphatic carbocycles. The highest BCUT2D eigenvalue weighted by molar-refractivity contribution is 5.46. The van der Waals surface area contributed by atoms with Crippen LogP contribution in [0.3, 0.4) is 0 Å². The largest absolute Gasteiger partial charge is 0.494 e. The summed E-state index contributed by atoms with van der Waals surface area (Å²) in [5, 5.41) is 0. The van der Waals surface area contributed by atoms with Gasteiger partial charge in [0.2, 0.25) is 0 Å². The first-order valence-corrected chi connectivity index (χ1v) is 7.02. The number of fused-ring (bicyclic) bond motifs is 1. The molecule has 2 aromatic rings. The van der Waals surface area contributed by atoms with Gasteiger partial charge in [0.15, 0.2) is 0 Å². The van der Waals surface area contributed by atoms with Gasteiger partial charge in [0.05, 0.1) is 19.3 Å². The minimum absolute atomic E-state index is 0.177. The Bertz CT molecular complexity index is 610. The van der Waals surface area contributed by atoms with Gasteiger partial charge in [0.1, 0.15) is 11.5 Å². The fraction of sp³-hybridized carbons (Fsp3) is 0.294. The predicted molar refractivity (Wildman–Crippen MR) is 79.3 cm³/mol. The highest BCUT2D eigenvalue weighted by Crippen LogP contribution is 2.32. The third kappa shape index (κ3) is 2.37. The Kier molecular flexibility index (Phi) is 3.61. The Morgan fingerprint density at radius 2 is 2.10 bits per heavy atom. The summed E-state index contributed by atoms with van der Waals surface area (Å²) in [5.74, 6) is 1.85. The number of ether oxygens (including phenoxy) is 2. The fourth-order valence-corrected chi connectivity index (χ4v) is 2.60.